The lowest BCUT2D eigenvalue weighted by Gasteiger charge is -2.53. The molecule has 0 amide bonds. The molecule has 0 saturated heterocycles. The lowest BCUT2D eigenvalue weighted by atomic mass is 9.61. The first-order valence-corrected chi connectivity index (χ1v) is 8.61. The zero-order chi connectivity index (χ0) is 15.5. The van der Waals surface area contributed by atoms with Crippen molar-refractivity contribution in [2.45, 2.75) is 65.5 Å². The van der Waals surface area contributed by atoms with E-state index in [-0.39, 0.29) is 5.41 Å². The molecular weight excluding hydrogens is 282 g/mol. The Kier molecular flexibility index (Phi) is 5.56. The van der Waals surface area contributed by atoms with Gasteiger partial charge in [-0.1, -0.05) is 39.3 Å². The van der Waals surface area contributed by atoms with Crippen molar-refractivity contribution < 1.29 is 4.74 Å². The molecule has 0 heterocycles. The van der Waals surface area contributed by atoms with E-state index in [1.54, 1.807) is 0 Å². The van der Waals surface area contributed by atoms with E-state index in [4.69, 9.17) is 16.3 Å². The minimum absolute atomic E-state index is 0.223. The van der Waals surface area contributed by atoms with Crippen LogP contribution in [0, 0.1) is 5.41 Å². The molecule has 3 heteroatoms. The van der Waals surface area contributed by atoms with Gasteiger partial charge in [-0.3, -0.25) is 0 Å². The summed E-state index contributed by atoms with van der Waals surface area (Å²) in [7, 11) is 0. The maximum Gasteiger partial charge on any atom is 0.120 e. The summed E-state index contributed by atoms with van der Waals surface area (Å²) in [5.74, 6) is 0.954. The second-order valence-corrected chi connectivity index (χ2v) is 6.72. The van der Waals surface area contributed by atoms with Crippen LogP contribution < -0.4 is 10.1 Å². The molecule has 21 heavy (non-hydrogen) atoms. The molecule has 2 rings (SSSR count). The molecular formula is C18H28ClNO. The van der Waals surface area contributed by atoms with E-state index >= 15 is 0 Å². The van der Waals surface area contributed by atoms with Gasteiger partial charge >= 0.3 is 0 Å². The third-order valence-corrected chi connectivity index (χ3v) is 5.43. The van der Waals surface area contributed by atoms with Crippen LogP contribution in [-0.4, -0.2) is 18.7 Å². The van der Waals surface area contributed by atoms with Crippen molar-refractivity contribution in [2.24, 2.45) is 5.41 Å². The van der Waals surface area contributed by atoms with E-state index in [9.17, 15) is 0 Å². The summed E-state index contributed by atoms with van der Waals surface area (Å²) in [6.45, 7) is 10.0. The van der Waals surface area contributed by atoms with Gasteiger partial charge in [0.2, 0.25) is 0 Å². The lowest BCUT2D eigenvalue weighted by molar-refractivity contribution is -0.0701. The Labute approximate surface area is 134 Å². The third kappa shape index (κ3) is 3.37. The Morgan fingerprint density at radius 3 is 2.71 bits per heavy atom. The van der Waals surface area contributed by atoms with E-state index in [1.807, 2.05) is 12.1 Å². The van der Waals surface area contributed by atoms with Crippen molar-refractivity contribution in [3.63, 3.8) is 0 Å². The van der Waals surface area contributed by atoms with Crippen LogP contribution in [0.4, 0.5) is 0 Å². The summed E-state index contributed by atoms with van der Waals surface area (Å²) in [4.78, 5) is 0. The van der Waals surface area contributed by atoms with E-state index < -0.39 is 0 Å². The fourth-order valence-corrected chi connectivity index (χ4v) is 3.42. The Balaban J connectivity index is 2.03. The van der Waals surface area contributed by atoms with Crippen LogP contribution in [-0.2, 0) is 6.42 Å². The van der Waals surface area contributed by atoms with Crippen molar-refractivity contribution in [1.29, 1.82) is 0 Å². The topological polar surface area (TPSA) is 21.3 Å². The molecule has 2 nitrogen and oxygen atoms in total. The van der Waals surface area contributed by atoms with E-state index in [2.05, 4.69) is 39.1 Å². The highest BCUT2D eigenvalue weighted by atomic mass is 35.5. The van der Waals surface area contributed by atoms with Gasteiger partial charge in [0.25, 0.3) is 0 Å². The molecule has 0 aromatic heterocycles. The average molecular weight is 310 g/mol. The van der Waals surface area contributed by atoms with Gasteiger partial charge in [-0.05, 0) is 49.6 Å². The molecule has 0 aliphatic heterocycles. The molecule has 1 fully saturated rings. The number of hydrogen-bond acceptors (Lipinski definition) is 2. The summed E-state index contributed by atoms with van der Waals surface area (Å²) in [6.07, 6.45) is 4.63. The van der Waals surface area contributed by atoms with Crippen molar-refractivity contribution in [3.05, 3.63) is 28.8 Å². The maximum absolute atomic E-state index is 6.27. The standard InChI is InChI=1S/C18H28ClNO/c1-5-10-20-16-12-17(18(16,4)7-3)21-14-8-9-15(19)13(6-2)11-14/h8-9,11,16-17,20H,5-7,10,12H2,1-4H3. The van der Waals surface area contributed by atoms with Gasteiger partial charge < -0.3 is 10.1 Å². The lowest BCUT2D eigenvalue weighted by Crippen LogP contribution is -2.63. The van der Waals surface area contributed by atoms with Crippen LogP contribution in [0.3, 0.4) is 0 Å². The second-order valence-electron chi connectivity index (χ2n) is 6.32. The minimum atomic E-state index is 0.223. The summed E-state index contributed by atoms with van der Waals surface area (Å²) < 4.78 is 6.27. The van der Waals surface area contributed by atoms with Gasteiger partial charge in [0.05, 0.1) is 0 Å². The molecule has 3 atom stereocenters. The number of halogens is 1. The Morgan fingerprint density at radius 1 is 1.33 bits per heavy atom. The molecule has 1 aliphatic carbocycles. The molecule has 118 valence electrons. The third-order valence-electron chi connectivity index (χ3n) is 5.06. The molecule has 3 unspecified atom stereocenters. The van der Waals surface area contributed by atoms with Gasteiger partial charge in [0.15, 0.2) is 0 Å². The molecule has 0 radical (unpaired) electrons. The van der Waals surface area contributed by atoms with Gasteiger partial charge in [-0.2, -0.15) is 0 Å². The summed E-state index contributed by atoms with van der Waals surface area (Å²) in [5, 5.41) is 4.49. The SMILES string of the molecule is CCCNC1CC(Oc2ccc(Cl)c(CC)c2)C1(C)CC. The van der Waals surface area contributed by atoms with Crippen LogP contribution in [0.25, 0.3) is 0 Å². The number of hydrogen-bond donors (Lipinski definition) is 1. The smallest absolute Gasteiger partial charge is 0.120 e. The van der Waals surface area contributed by atoms with Crippen LogP contribution in [0.1, 0.15) is 52.5 Å². The molecule has 1 saturated carbocycles. The summed E-state index contributed by atoms with van der Waals surface area (Å²) in [6, 6.07) is 6.60. The Bertz CT molecular complexity index is 476. The van der Waals surface area contributed by atoms with Crippen LogP contribution >= 0.6 is 11.6 Å². The van der Waals surface area contributed by atoms with Gasteiger partial charge in [-0.25, -0.2) is 0 Å². The number of benzene rings is 1. The normalized spacial score (nSPS) is 28.2. The Morgan fingerprint density at radius 2 is 2.10 bits per heavy atom. The van der Waals surface area contributed by atoms with Crippen molar-refractivity contribution in [1.82, 2.24) is 5.32 Å². The molecule has 1 aromatic rings. The average Bonchev–Trinajstić information content (AvgIpc) is 2.50. The highest BCUT2D eigenvalue weighted by molar-refractivity contribution is 6.31. The summed E-state index contributed by atoms with van der Waals surface area (Å²) >= 11 is 6.18. The van der Waals surface area contributed by atoms with E-state index in [0.29, 0.717) is 12.1 Å². The maximum atomic E-state index is 6.27. The first kappa shape index (κ1) is 16.6. The molecule has 1 aromatic carbocycles. The molecule has 1 aliphatic rings. The van der Waals surface area contributed by atoms with Gasteiger partial charge in [0.1, 0.15) is 11.9 Å². The predicted molar refractivity (Wildman–Crippen MR) is 90.3 cm³/mol. The van der Waals surface area contributed by atoms with Crippen LogP contribution in [0.15, 0.2) is 18.2 Å². The van der Waals surface area contributed by atoms with Crippen molar-refractivity contribution in [2.75, 3.05) is 6.54 Å². The van der Waals surface area contributed by atoms with Crippen molar-refractivity contribution >= 4 is 11.6 Å². The van der Waals surface area contributed by atoms with Crippen LogP contribution in [0.5, 0.6) is 5.75 Å². The number of aryl methyl sites for hydroxylation is 1. The zero-order valence-electron chi connectivity index (χ0n) is 13.7. The minimum Gasteiger partial charge on any atom is -0.490 e. The fourth-order valence-electron chi connectivity index (χ4n) is 3.17. The van der Waals surface area contributed by atoms with E-state index in [1.165, 1.54) is 6.42 Å². The highest BCUT2D eigenvalue weighted by Gasteiger charge is 2.51. The first-order chi connectivity index (χ1) is 10.0. The largest absolute Gasteiger partial charge is 0.490 e. The summed E-state index contributed by atoms with van der Waals surface area (Å²) in [5.41, 5.74) is 1.38. The molecule has 0 spiro atoms. The Hall–Kier alpha value is -0.730. The molecule has 0 bridgehead atoms. The first-order valence-electron chi connectivity index (χ1n) is 8.23. The monoisotopic (exact) mass is 309 g/mol. The van der Waals surface area contributed by atoms with Crippen molar-refractivity contribution in [3.8, 4) is 5.75 Å². The second kappa shape index (κ2) is 7.02. The quantitative estimate of drug-likeness (QED) is 0.778. The zero-order valence-corrected chi connectivity index (χ0v) is 14.5. The van der Waals surface area contributed by atoms with Gasteiger partial charge in [-0.15, -0.1) is 0 Å². The fraction of sp³-hybridized carbons (Fsp3) is 0.667. The number of rotatable bonds is 7. The number of nitrogens with one attached hydrogen (secondary N) is 1. The molecule has 1 N–H and O–H groups in total. The number of ether oxygens (including phenoxy) is 1. The highest BCUT2D eigenvalue weighted by Crippen LogP contribution is 2.46. The van der Waals surface area contributed by atoms with E-state index in [0.717, 1.165) is 42.1 Å². The van der Waals surface area contributed by atoms with Crippen LogP contribution in [0.2, 0.25) is 5.02 Å². The predicted octanol–water partition coefficient (Wildman–Crippen LogP) is 4.84. The van der Waals surface area contributed by atoms with Gasteiger partial charge in [0, 0.05) is 22.9 Å².